The molecule has 2 aliphatic rings. The minimum absolute atomic E-state index is 0.108. The summed E-state index contributed by atoms with van der Waals surface area (Å²) < 4.78 is 11.2. The summed E-state index contributed by atoms with van der Waals surface area (Å²) in [7, 11) is 0. The van der Waals surface area contributed by atoms with Crippen molar-refractivity contribution in [2.24, 2.45) is 0 Å². The fraction of sp³-hybridized carbons (Fsp3) is 0.448. The molecule has 1 saturated heterocycles. The molecule has 1 N–H and O–H groups in total. The molecule has 0 aromatic heterocycles. The Hall–Kier alpha value is -3.32. The van der Waals surface area contributed by atoms with Crippen molar-refractivity contribution in [3.8, 4) is 11.5 Å². The molecule has 36 heavy (non-hydrogen) atoms. The molecule has 2 heterocycles. The average molecular weight is 493 g/mol. The van der Waals surface area contributed by atoms with Gasteiger partial charge in [0.1, 0.15) is 19.0 Å². The van der Waals surface area contributed by atoms with E-state index in [1.165, 1.54) is 5.56 Å². The number of hydrogen-bond acceptors (Lipinski definition) is 6. The third-order valence-corrected chi connectivity index (χ3v) is 7.04. The van der Waals surface area contributed by atoms with Crippen LogP contribution in [0.5, 0.6) is 11.5 Å². The van der Waals surface area contributed by atoms with Crippen molar-refractivity contribution in [3.63, 3.8) is 0 Å². The third-order valence-electron chi connectivity index (χ3n) is 7.04. The van der Waals surface area contributed by atoms with Gasteiger partial charge in [0, 0.05) is 12.1 Å². The van der Waals surface area contributed by atoms with Crippen LogP contribution in [-0.2, 0) is 9.59 Å². The molecule has 192 valence electrons. The lowest BCUT2D eigenvalue weighted by molar-refractivity contribution is -0.140. The summed E-state index contributed by atoms with van der Waals surface area (Å²) in [5.74, 6) is 0.0218. The highest BCUT2D eigenvalue weighted by atomic mass is 16.6. The number of fused-ring (bicyclic) bond motifs is 1. The predicted octanol–water partition coefficient (Wildman–Crippen LogP) is 4.73. The van der Waals surface area contributed by atoms with Crippen LogP contribution in [0, 0.1) is 0 Å². The number of Topliss-reactive ketones (excluding diaryl/α,β-unsaturated/α-hetero) is 1. The normalized spacial score (nSPS) is 18.9. The Bertz CT molecular complexity index is 1130. The summed E-state index contributed by atoms with van der Waals surface area (Å²) in [6.07, 6.45) is 0.735. The van der Waals surface area contributed by atoms with E-state index in [2.05, 4.69) is 32.6 Å². The fourth-order valence-electron chi connectivity index (χ4n) is 4.87. The summed E-state index contributed by atoms with van der Waals surface area (Å²) in [6, 6.07) is 12.4. The third kappa shape index (κ3) is 5.12. The van der Waals surface area contributed by atoms with Crippen molar-refractivity contribution >= 4 is 17.4 Å². The number of carbonyl (C=O) groups is 2. The summed E-state index contributed by atoms with van der Waals surface area (Å²) in [4.78, 5) is 30.4. The largest absolute Gasteiger partial charge is 0.507 e. The molecule has 7 heteroatoms. The second kappa shape index (κ2) is 11.2. The van der Waals surface area contributed by atoms with Crippen molar-refractivity contribution in [3.05, 3.63) is 64.7 Å². The number of aliphatic hydroxyl groups excluding tert-OH is 1. The number of nitrogens with zero attached hydrogens (tertiary/aromatic N) is 2. The van der Waals surface area contributed by atoms with Gasteiger partial charge in [0.05, 0.1) is 11.6 Å². The zero-order valence-corrected chi connectivity index (χ0v) is 21.6. The van der Waals surface area contributed by atoms with Crippen molar-refractivity contribution in [2.75, 3.05) is 39.4 Å². The Morgan fingerprint density at radius 2 is 1.69 bits per heavy atom. The maximum absolute atomic E-state index is 13.3. The first kappa shape index (κ1) is 25.8. The van der Waals surface area contributed by atoms with Gasteiger partial charge in [0.25, 0.3) is 11.7 Å². The van der Waals surface area contributed by atoms with Gasteiger partial charge in [-0.3, -0.25) is 9.59 Å². The summed E-state index contributed by atoms with van der Waals surface area (Å²) >= 11 is 0. The highest BCUT2D eigenvalue weighted by molar-refractivity contribution is 6.46. The lowest BCUT2D eigenvalue weighted by atomic mass is 9.93. The first-order valence-corrected chi connectivity index (χ1v) is 12.9. The highest BCUT2D eigenvalue weighted by Crippen LogP contribution is 2.41. The molecule has 1 fully saturated rings. The quantitative estimate of drug-likeness (QED) is 0.310. The minimum atomic E-state index is -0.664. The Labute approximate surface area is 213 Å². The van der Waals surface area contributed by atoms with E-state index in [-0.39, 0.29) is 11.3 Å². The lowest BCUT2D eigenvalue weighted by Crippen LogP contribution is -2.33. The fourth-order valence-corrected chi connectivity index (χ4v) is 4.87. The molecule has 0 radical (unpaired) electrons. The Morgan fingerprint density at radius 3 is 2.33 bits per heavy atom. The first-order chi connectivity index (χ1) is 17.3. The second-order valence-electron chi connectivity index (χ2n) is 9.55. The monoisotopic (exact) mass is 492 g/mol. The smallest absolute Gasteiger partial charge is 0.295 e. The van der Waals surface area contributed by atoms with Gasteiger partial charge in [0.15, 0.2) is 11.5 Å². The molecule has 0 saturated carbocycles. The molecule has 0 bridgehead atoms. The molecule has 0 aliphatic carbocycles. The molecular formula is C29H36N2O5. The molecule has 0 unspecified atom stereocenters. The maximum atomic E-state index is 13.3. The van der Waals surface area contributed by atoms with Gasteiger partial charge in [-0.05, 0) is 61.3 Å². The van der Waals surface area contributed by atoms with Gasteiger partial charge < -0.3 is 24.4 Å². The zero-order valence-electron chi connectivity index (χ0n) is 21.6. The van der Waals surface area contributed by atoms with E-state index in [1.807, 2.05) is 24.3 Å². The standard InChI is InChI=1S/C29H36N2O5/c1-5-30(6-2)14-7-15-31-26(21-10-8-20(9-11-21)19(3)4)25(28(33)29(31)34)27(32)22-12-13-23-24(18-22)36-17-16-35-23/h8-13,18-19,26,32H,5-7,14-17H2,1-4H3/b27-25+/t26-/m0/s1. The van der Waals surface area contributed by atoms with E-state index in [4.69, 9.17) is 9.47 Å². The van der Waals surface area contributed by atoms with Gasteiger partial charge >= 0.3 is 0 Å². The maximum Gasteiger partial charge on any atom is 0.295 e. The van der Waals surface area contributed by atoms with Crippen LogP contribution in [0.1, 0.15) is 62.8 Å². The minimum Gasteiger partial charge on any atom is -0.507 e. The van der Waals surface area contributed by atoms with Crippen molar-refractivity contribution in [1.29, 1.82) is 0 Å². The molecule has 2 aliphatic heterocycles. The number of likely N-dealkylation sites (tertiary alicyclic amines) is 1. The molecule has 2 aromatic rings. The lowest BCUT2D eigenvalue weighted by Gasteiger charge is -2.27. The molecule has 1 amide bonds. The number of rotatable bonds is 9. The molecular weight excluding hydrogens is 456 g/mol. The van der Waals surface area contributed by atoms with Crippen LogP contribution in [-0.4, -0.2) is 66.0 Å². The van der Waals surface area contributed by atoms with Gasteiger partial charge in [0.2, 0.25) is 0 Å². The van der Waals surface area contributed by atoms with Gasteiger partial charge in [-0.25, -0.2) is 0 Å². The van der Waals surface area contributed by atoms with Crippen LogP contribution < -0.4 is 9.47 Å². The number of amides is 1. The number of benzene rings is 2. The Balaban J connectivity index is 1.74. The number of hydrogen-bond donors (Lipinski definition) is 1. The molecule has 0 spiro atoms. The van der Waals surface area contributed by atoms with Gasteiger partial charge in [-0.2, -0.15) is 0 Å². The molecule has 1 atom stereocenters. The SMILES string of the molecule is CCN(CC)CCCN1C(=O)C(=O)/C(=C(/O)c2ccc3c(c2)OCCO3)[C@@H]1c1ccc(C(C)C)cc1. The average Bonchev–Trinajstić information content (AvgIpc) is 3.15. The van der Waals surface area contributed by atoms with E-state index in [0.717, 1.165) is 31.6 Å². The van der Waals surface area contributed by atoms with E-state index in [9.17, 15) is 14.7 Å². The Morgan fingerprint density at radius 1 is 1.03 bits per heavy atom. The number of ether oxygens (including phenoxy) is 2. The second-order valence-corrected chi connectivity index (χ2v) is 9.55. The zero-order chi connectivity index (χ0) is 25.8. The summed E-state index contributed by atoms with van der Waals surface area (Å²) in [5, 5.41) is 11.4. The van der Waals surface area contributed by atoms with Crippen LogP contribution in [0.3, 0.4) is 0 Å². The number of carbonyl (C=O) groups excluding carboxylic acids is 2. The van der Waals surface area contributed by atoms with E-state index in [0.29, 0.717) is 42.7 Å². The van der Waals surface area contributed by atoms with Crippen LogP contribution in [0.4, 0.5) is 0 Å². The van der Waals surface area contributed by atoms with Crippen LogP contribution in [0.2, 0.25) is 0 Å². The van der Waals surface area contributed by atoms with Gasteiger partial charge in [-0.1, -0.05) is 52.0 Å². The summed E-state index contributed by atoms with van der Waals surface area (Å²) in [5.41, 5.74) is 2.51. The highest BCUT2D eigenvalue weighted by Gasteiger charge is 2.45. The Kier molecular flexibility index (Phi) is 7.99. The predicted molar refractivity (Wildman–Crippen MR) is 139 cm³/mol. The van der Waals surface area contributed by atoms with E-state index >= 15 is 0 Å². The molecule has 7 nitrogen and oxygen atoms in total. The molecule has 4 rings (SSSR count). The van der Waals surface area contributed by atoms with Gasteiger partial charge in [-0.15, -0.1) is 0 Å². The number of aliphatic hydroxyl groups is 1. The first-order valence-electron chi connectivity index (χ1n) is 12.9. The number of ketones is 1. The van der Waals surface area contributed by atoms with Crippen LogP contribution >= 0.6 is 0 Å². The van der Waals surface area contributed by atoms with Crippen molar-refractivity contribution < 1.29 is 24.2 Å². The summed E-state index contributed by atoms with van der Waals surface area (Å²) in [6.45, 7) is 12.5. The molecule has 2 aromatic carbocycles. The van der Waals surface area contributed by atoms with E-state index in [1.54, 1.807) is 23.1 Å². The van der Waals surface area contributed by atoms with Crippen LogP contribution in [0.25, 0.3) is 5.76 Å². The topological polar surface area (TPSA) is 79.3 Å². The van der Waals surface area contributed by atoms with E-state index < -0.39 is 17.7 Å². The van der Waals surface area contributed by atoms with Crippen molar-refractivity contribution in [2.45, 2.75) is 46.1 Å². The van der Waals surface area contributed by atoms with Crippen molar-refractivity contribution in [1.82, 2.24) is 9.80 Å². The van der Waals surface area contributed by atoms with Crippen LogP contribution in [0.15, 0.2) is 48.0 Å².